The van der Waals surface area contributed by atoms with Crippen molar-refractivity contribution in [2.24, 2.45) is 5.92 Å². The molecule has 0 aliphatic carbocycles. The number of hydrogen-bond donors (Lipinski definition) is 0. The van der Waals surface area contributed by atoms with E-state index in [1.807, 2.05) is 18.3 Å². The first-order chi connectivity index (χ1) is 10.1. The van der Waals surface area contributed by atoms with E-state index in [0.717, 1.165) is 24.7 Å². The molecule has 1 aliphatic heterocycles. The molecule has 0 bridgehead atoms. The molecule has 1 aliphatic rings. The lowest BCUT2D eigenvalue weighted by Gasteiger charge is -2.32. The normalized spacial score (nSPS) is 20.0. The minimum Gasteiger partial charge on any atom is -0.298 e. The molecule has 114 valence electrons. The van der Waals surface area contributed by atoms with Crippen LogP contribution >= 0.6 is 11.3 Å². The molecule has 21 heavy (non-hydrogen) atoms. The quantitative estimate of drug-likeness (QED) is 0.870. The van der Waals surface area contributed by atoms with Crippen LogP contribution in [0.15, 0.2) is 12.1 Å². The monoisotopic (exact) mass is 304 g/mol. The van der Waals surface area contributed by atoms with Gasteiger partial charge in [0.1, 0.15) is 11.6 Å². The molecule has 0 N–H and O–H groups in total. The Morgan fingerprint density at radius 3 is 2.81 bits per heavy atom. The minimum atomic E-state index is 0.694. The van der Waals surface area contributed by atoms with E-state index in [1.54, 1.807) is 0 Å². The van der Waals surface area contributed by atoms with Gasteiger partial charge in [0, 0.05) is 29.4 Å². The molecule has 1 fully saturated rings. The highest BCUT2D eigenvalue weighted by Crippen LogP contribution is 2.23. The molecule has 1 atom stereocenters. The van der Waals surface area contributed by atoms with Gasteiger partial charge in [0.2, 0.25) is 0 Å². The van der Waals surface area contributed by atoms with Crippen LogP contribution in [0.3, 0.4) is 0 Å². The van der Waals surface area contributed by atoms with Crippen molar-refractivity contribution >= 4 is 11.3 Å². The Bertz CT molecular complexity index is 601. The van der Waals surface area contributed by atoms with E-state index < -0.39 is 0 Å². The smallest absolute Gasteiger partial charge is 0.147 e. The maximum Gasteiger partial charge on any atom is 0.147 e. The van der Waals surface area contributed by atoms with Crippen LogP contribution in [0.5, 0.6) is 0 Å². The van der Waals surface area contributed by atoms with Gasteiger partial charge >= 0.3 is 0 Å². The zero-order valence-corrected chi connectivity index (χ0v) is 14.0. The molecule has 1 saturated heterocycles. The predicted molar refractivity (Wildman–Crippen MR) is 86.6 cm³/mol. The second-order valence-electron chi connectivity index (χ2n) is 6.14. The van der Waals surface area contributed by atoms with Crippen molar-refractivity contribution in [3.63, 3.8) is 0 Å². The molecule has 0 spiro atoms. The van der Waals surface area contributed by atoms with E-state index in [4.69, 9.17) is 0 Å². The van der Waals surface area contributed by atoms with Gasteiger partial charge in [0.25, 0.3) is 0 Å². The highest BCUT2D eigenvalue weighted by Gasteiger charge is 2.21. The van der Waals surface area contributed by atoms with Crippen molar-refractivity contribution in [3.8, 4) is 0 Å². The van der Waals surface area contributed by atoms with E-state index >= 15 is 0 Å². The largest absolute Gasteiger partial charge is 0.298 e. The summed E-state index contributed by atoms with van der Waals surface area (Å²) in [4.78, 5) is 9.90. The fourth-order valence-corrected chi connectivity index (χ4v) is 4.15. The van der Waals surface area contributed by atoms with Crippen LogP contribution in [0.2, 0.25) is 0 Å². The van der Waals surface area contributed by atoms with Crippen LogP contribution < -0.4 is 0 Å². The molecule has 0 aromatic carbocycles. The SMILES string of the molecule is Cc1nc(C)n(CC2CCCN(Cc3ccc(C)s3)C2)n1. The zero-order valence-electron chi connectivity index (χ0n) is 13.2. The first-order valence-corrected chi connectivity index (χ1v) is 8.57. The fraction of sp³-hybridized carbons (Fsp3) is 0.625. The Hall–Kier alpha value is -1.20. The number of thiophene rings is 1. The van der Waals surface area contributed by atoms with Gasteiger partial charge in [-0.3, -0.25) is 4.90 Å². The van der Waals surface area contributed by atoms with Gasteiger partial charge in [-0.05, 0) is 58.2 Å². The van der Waals surface area contributed by atoms with Gasteiger partial charge in [-0.2, -0.15) is 5.10 Å². The van der Waals surface area contributed by atoms with E-state index in [1.165, 1.54) is 35.7 Å². The molecule has 0 radical (unpaired) electrons. The van der Waals surface area contributed by atoms with Crippen LogP contribution in [0.1, 0.15) is 34.2 Å². The highest BCUT2D eigenvalue weighted by molar-refractivity contribution is 7.11. The van der Waals surface area contributed by atoms with Gasteiger partial charge in [-0.15, -0.1) is 11.3 Å². The lowest BCUT2D eigenvalue weighted by molar-refractivity contribution is 0.154. The van der Waals surface area contributed by atoms with Crippen LogP contribution in [0.25, 0.3) is 0 Å². The van der Waals surface area contributed by atoms with E-state index in [2.05, 4.69) is 45.6 Å². The highest BCUT2D eigenvalue weighted by atomic mass is 32.1. The number of likely N-dealkylation sites (tertiary alicyclic amines) is 1. The summed E-state index contributed by atoms with van der Waals surface area (Å²) >= 11 is 1.92. The third-order valence-electron chi connectivity index (χ3n) is 4.17. The van der Waals surface area contributed by atoms with Crippen LogP contribution in [-0.2, 0) is 13.1 Å². The summed E-state index contributed by atoms with van der Waals surface area (Å²) in [5.74, 6) is 2.62. The van der Waals surface area contributed by atoms with Crippen molar-refractivity contribution in [1.29, 1.82) is 0 Å². The lowest BCUT2D eigenvalue weighted by Crippen LogP contribution is -2.36. The molecular formula is C16H24N4S. The lowest BCUT2D eigenvalue weighted by atomic mass is 9.98. The second kappa shape index (κ2) is 6.28. The Kier molecular flexibility index (Phi) is 4.40. The summed E-state index contributed by atoms with van der Waals surface area (Å²) in [5.41, 5.74) is 0. The average molecular weight is 304 g/mol. The number of aromatic nitrogens is 3. The van der Waals surface area contributed by atoms with Crippen molar-refractivity contribution < 1.29 is 0 Å². The standard InChI is InChI=1S/C16H24N4S/c1-12-6-7-16(21-12)11-19-8-4-5-15(9-19)10-20-14(3)17-13(2)18-20/h6-7,15H,4-5,8-11H2,1-3H3. The number of hydrogen-bond acceptors (Lipinski definition) is 4. The Morgan fingerprint density at radius 2 is 2.14 bits per heavy atom. The third kappa shape index (κ3) is 3.71. The van der Waals surface area contributed by atoms with Gasteiger partial charge in [0.05, 0.1) is 0 Å². The average Bonchev–Trinajstić information content (AvgIpc) is 2.96. The first-order valence-electron chi connectivity index (χ1n) is 7.76. The number of rotatable bonds is 4. The molecule has 4 nitrogen and oxygen atoms in total. The molecule has 3 rings (SSSR count). The number of piperidine rings is 1. The second-order valence-corrected chi connectivity index (χ2v) is 7.52. The summed E-state index contributed by atoms with van der Waals surface area (Å²) in [6.07, 6.45) is 2.60. The molecule has 2 aromatic heterocycles. The van der Waals surface area contributed by atoms with E-state index in [0.29, 0.717) is 5.92 Å². The predicted octanol–water partition coefficient (Wildman–Crippen LogP) is 3.18. The Balaban J connectivity index is 1.59. The third-order valence-corrected chi connectivity index (χ3v) is 5.16. The molecule has 2 aromatic rings. The summed E-state index contributed by atoms with van der Waals surface area (Å²) in [7, 11) is 0. The number of aryl methyl sites for hydroxylation is 3. The molecule has 0 saturated carbocycles. The molecule has 0 amide bonds. The number of nitrogens with zero attached hydrogens (tertiary/aromatic N) is 4. The van der Waals surface area contributed by atoms with Gasteiger partial charge in [0.15, 0.2) is 0 Å². The van der Waals surface area contributed by atoms with Crippen molar-refractivity contribution in [3.05, 3.63) is 33.5 Å². The minimum absolute atomic E-state index is 0.694. The van der Waals surface area contributed by atoms with Crippen LogP contribution in [0.4, 0.5) is 0 Å². The maximum absolute atomic E-state index is 4.51. The van der Waals surface area contributed by atoms with Crippen molar-refractivity contribution in [2.45, 2.75) is 46.7 Å². The van der Waals surface area contributed by atoms with Crippen molar-refractivity contribution in [2.75, 3.05) is 13.1 Å². The Labute approximate surface area is 130 Å². The molecule has 5 heteroatoms. The van der Waals surface area contributed by atoms with Gasteiger partial charge < -0.3 is 0 Å². The molecule has 1 unspecified atom stereocenters. The van der Waals surface area contributed by atoms with Crippen LogP contribution in [0, 0.1) is 26.7 Å². The van der Waals surface area contributed by atoms with E-state index in [-0.39, 0.29) is 0 Å². The van der Waals surface area contributed by atoms with Crippen molar-refractivity contribution in [1.82, 2.24) is 19.7 Å². The maximum atomic E-state index is 4.51. The van der Waals surface area contributed by atoms with Gasteiger partial charge in [-0.1, -0.05) is 0 Å². The van der Waals surface area contributed by atoms with E-state index in [9.17, 15) is 0 Å². The fourth-order valence-electron chi connectivity index (χ4n) is 3.21. The first kappa shape index (κ1) is 14.7. The summed E-state index contributed by atoms with van der Waals surface area (Å²) in [5, 5.41) is 4.51. The summed E-state index contributed by atoms with van der Waals surface area (Å²) < 4.78 is 2.08. The Morgan fingerprint density at radius 1 is 1.29 bits per heavy atom. The zero-order chi connectivity index (χ0) is 14.8. The van der Waals surface area contributed by atoms with Crippen LogP contribution in [-0.4, -0.2) is 32.8 Å². The molecular weight excluding hydrogens is 280 g/mol. The summed E-state index contributed by atoms with van der Waals surface area (Å²) in [6, 6.07) is 4.50. The summed E-state index contributed by atoms with van der Waals surface area (Å²) in [6.45, 7) is 10.7. The topological polar surface area (TPSA) is 34.0 Å². The molecule has 3 heterocycles. The van der Waals surface area contributed by atoms with Gasteiger partial charge in [-0.25, -0.2) is 9.67 Å².